The minimum Gasteiger partial charge on any atom is -0.434 e. The topological polar surface area (TPSA) is 56.0 Å². The number of hydrogen-bond donors (Lipinski definition) is 0. The highest BCUT2D eigenvalue weighted by Gasteiger charge is 2.18. The van der Waals surface area contributed by atoms with Crippen LogP contribution in [-0.4, -0.2) is 15.8 Å². The van der Waals surface area contributed by atoms with Gasteiger partial charge in [0.15, 0.2) is 17.0 Å². The summed E-state index contributed by atoms with van der Waals surface area (Å²) in [6.07, 6.45) is 1.59. The fourth-order valence-corrected chi connectivity index (χ4v) is 2.66. The van der Waals surface area contributed by atoms with Crippen LogP contribution >= 0.6 is 0 Å². The van der Waals surface area contributed by atoms with E-state index < -0.39 is 0 Å². The van der Waals surface area contributed by atoms with Gasteiger partial charge in [0.2, 0.25) is 5.89 Å². The van der Waals surface area contributed by atoms with Crippen molar-refractivity contribution in [2.45, 2.75) is 6.92 Å². The summed E-state index contributed by atoms with van der Waals surface area (Å²) in [6.45, 7) is 1.96. The lowest BCUT2D eigenvalue weighted by molar-refractivity contribution is 0.103. The number of fused-ring (bicyclic) bond motifs is 1. The Kier molecular flexibility index (Phi) is 3.43. The molecule has 0 N–H and O–H groups in total. The summed E-state index contributed by atoms with van der Waals surface area (Å²) in [7, 11) is 0. The molecule has 0 fully saturated rings. The van der Waals surface area contributed by atoms with Gasteiger partial charge in [0, 0.05) is 17.3 Å². The molecule has 0 spiro atoms. The zero-order chi connectivity index (χ0) is 16.5. The number of carbonyl (C=O) groups excluding carboxylic acids is 1. The van der Waals surface area contributed by atoms with Gasteiger partial charge >= 0.3 is 0 Å². The highest BCUT2D eigenvalue weighted by molar-refractivity contribution is 6.14. The first-order valence-electron chi connectivity index (χ1n) is 7.65. The molecular weight excluding hydrogens is 300 g/mol. The molecule has 2 aromatic carbocycles. The van der Waals surface area contributed by atoms with E-state index in [-0.39, 0.29) is 5.78 Å². The highest BCUT2D eigenvalue weighted by Crippen LogP contribution is 2.26. The van der Waals surface area contributed by atoms with E-state index in [0.29, 0.717) is 28.2 Å². The molecule has 0 saturated carbocycles. The summed E-state index contributed by atoms with van der Waals surface area (Å²) in [5.74, 6) is 0.365. The van der Waals surface area contributed by atoms with Crippen LogP contribution < -0.4 is 0 Å². The fraction of sp³-hybridized carbons (Fsp3) is 0.0500. The Morgan fingerprint density at radius 3 is 2.62 bits per heavy atom. The minimum absolute atomic E-state index is 0.0955. The number of nitrogens with zero attached hydrogens (tertiary/aromatic N) is 2. The monoisotopic (exact) mass is 314 g/mol. The van der Waals surface area contributed by atoms with Crippen LogP contribution in [0.3, 0.4) is 0 Å². The third-order valence-electron chi connectivity index (χ3n) is 3.84. The molecule has 24 heavy (non-hydrogen) atoms. The standard InChI is InChI=1S/C20H14N2O2/c1-13-6-5-9-15(12-13)17(23)16-10-11-21-19-18(16)24-20(22-19)14-7-3-2-4-8-14/h2-12H,1H3. The second kappa shape index (κ2) is 5.74. The van der Waals surface area contributed by atoms with E-state index >= 15 is 0 Å². The van der Waals surface area contributed by atoms with Gasteiger partial charge in [-0.05, 0) is 31.2 Å². The van der Waals surface area contributed by atoms with Gasteiger partial charge in [-0.15, -0.1) is 0 Å². The van der Waals surface area contributed by atoms with Crippen molar-refractivity contribution in [3.05, 3.63) is 83.6 Å². The average Bonchev–Trinajstić information content (AvgIpc) is 3.06. The SMILES string of the molecule is Cc1cccc(C(=O)c2ccnc3nc(-c4ccccc4)oc23)c1. The largest absolute Gasteiger partial charge is 0.434 e. The molecule has 0 amide bonds. The first kappa shape index (κ1) is 14.3. The normalized spacial score (nSPS) is 10.9. The molecule has 2 aromatic heterocycles. The Bertz CT molecular complexity index is 1040. The van der Waals surface area contributed by atoms with Crippen molar-refractivity contribution >= 4 is 17.0 Å². The predicted octanol–water partition coefficient (Wildman–Crippen LogP) is 4.43. The van der Waals surface area contributed by atoms with E-state index in [2.05, 4.69) is 9.97 Å². The molecule has 4 nitrogen and oxygen atoms in total. The van der Waals surface area contributed by atoms with Crippen LogP contribution in [0.15, 0.2) is 71.3 Å². The molecule has 4 aromatic rings. The molecule has 2 heterocycles. The molecule has 0 unspecified atom stereocenters. The average molecular weight is 314 g/mol. The lowest BCUT2D eigenvalue weighted by atomic mass is 10.0. The Morgan fingerprint density at radius 1 is 1.00 bits per heavy atom. The van der Waals surface area contributed by atoms with E-state index in [1.165, 1.54) is 0 Å². The van der Waals surface area contributed by atoms with E-state index in [0.717, 1.165) is 11.1 Å². The smallest absolute Gasteiger partial charge is 0.228 e. The van der Waals surface area contributed by atoms with Crippen LogP contribution in [0.5, 0.6) is 0 Å². The molecule has 0 aliphatic rings. The number of carbonyl (C=O) groups is 1. The van der Waals surface area contributed by atoms with Crippen LogP contribution in [0.4, 0.5) is 0 Å². The molecule has 4 heteroatoms. The molecule has 0 saturated heterocycles. The second-order valence-electron chi connectivity index (χ2n) is 5.59. The van der Waals surface area contributed by atoms with Crippen molar-refractivity contribution in [3.63, 3.8) is 0 Å². The third-order valence-corrected chi connectivity index (χ3v) is 3.84. The van der Waals surface area contributed by atoms with Gasteiger partial charge in [-0.3, -0.25) is 4.79 Å². The lowest BCUT2D eigenvalue weighted by Gasteiger charge is -2.02. The summed E-state index contributed by atoms with van der Waals surface area (Å²) in [5.41, 5.74) is 3.84. The number of ketones is 1. The zero-order valence-electron chi connectivity index (χ0n) is 13.1. The van der Waals surface area contributed by atoms with E-state index in [1.807, 2.05) is 55.5 Å². The molecule has 0 aliphatic heterocycles. The quantitative estimate of drug-likeness (QED) is 0.525. The van der Waals surface area contributed by atoms with Gasteiger partial charge in [-0.25, -0.2) is 4.98 Å². The summed E-state index contributed by atoms with van der Waals surface area (Å²) < 4.78 is 5.86. The molecular formula is C20H14N2O2. The Balaban J connectivity index is 1.84. The van der Waals surface area contributed by atoms with Gasteiger partial charge < -0.3 is 4.42 Å². The molecule has 116 valence electrons. The van der Waals surface area contributed by atoms with Gasteiger partial charge in [-0.1, -0.05) is 42.0 Å². The van der Waals surface area contributed by atoms with Crippen molar-refractivity contribution < 1.29 is 9.21 Å². The van der Waals surface area contributed by atoms with Crippen molar-refractivity contribution in [1.82, 2.24) is 9.97 Å². The summed E-state index contributed by atoms with van der Waals surface area (Å²) in [4.78, 5) is 21.5. The van der Waals surface area contributed by atoms with Gasteiger partial charge in [-0.2, -0.15) is 4.98 Å². The molecule has 4 rings (SSSR count). The maximum atomic E-state index is 12.8. The Hall–Kier alpha value is -3.27. The van der Waals surface area contributed by atoms with Crippen LogP contribution in [0.25, 0.3) is 22.7 Å². The van der Waals surface area contributed by atoms with Crippen molar-refractivity contribution in [1.29, 1.82) is 0 Å². The second-order valence-corrected chi connectivity index (χ2v) is 5.59. The number of aromatic nitrogens is 2. The lowest BCUT2D eigenvalue weighted by Crippen LogP contribution is -2.02. The fourth-order valence-electron chi connectivity index (χ4n) is 2.66. The van der Waals surface area contributed by atoms with E-state index in [1.54, 1.807) is 18.3 Å². The highest BCUT2D eigenvalue weighted by atomic mass is 16.3. The first-order valence-corrected chi connectivity index (χ1v) is 7.65. The molecule has 0 bridgehead atoms. The molecule has 0 radical (unpaired) electrons. The maximum absolute atomic E-state index is 12.8. The summed E-state index contributed by atoms with van der Waals surface area (Å²) in [6, 6.07) is 18.7. The number of hydrogen-bond acceptors (Lipinski definition) is 4. The minimum atomic E-state index is -0.0955. The number of benzene rings is 2. The van der Waals surface area contributed by atoms with Crippen molar-refractivity contribution in [2.75, 3.05) is 0 Å². The predicted molar refractivity (Wildman–Crippen MR) is 91.9 cm³/mol. The van der Waals surface area contributed by atoms with Gasteiger partial charge in [0.05, 0.1) is 5.56 Å². The number of rotatable bonds is 3. The number of oxazole rings is 1. The molecule has 0 aliphatic carbocycles. The number of pyridine rings is 1. The summed E-state index contributed by atoms with van der Waals surface area (Å²) >= 11 is 0. The van der Waals surface area contributed by atoms with Gasteiger partial charge in [0.25, 0.3) is 0 Å². The zero-order valence-corrected chi connectivity index (χ0v) is 13.1. The third kappa shape index (κ3) is 2.48. The van der Waals surface area contributed by atoms with Crippen LogP contribution in [-0.2, 0) is 0 Å². The van der Waals surface area contributed by atoms with Crippen LogP contribution in [0.1, 0.15) is 21.5 Å². The van der Waals surface area contributed by atoms with Crippen LogP contribution in [0, 0.1) is 6.92 Å². The van der Waals surface area contributed by atoms with Gasteiger partial charge in [0.1, 0.15) is 0 Å². The van der Waals surface area contributed by atoms with Crippen LogP contribution in [0.2, 0.25) is 0 Å². The van der Waals surface area contributed by atoms with E-state index in [9.17, 15) is 4.79 Å². The maximum Gasteiger partial charge on any atom is 0.228 e. The summed E-state index contributed by atoms with van der Waals surface area (Å²) in [5, 5.41) is 0. The van der Waals surface area contributed by atoms with Crippen molar-refractivity contribution in [2.24, 2.45) is 0 Å². The molecule has 0 atom stereocenters. The Morgan fingerprint density at radius 2 is 1.83 bits per heavy atom. The Labute approximate surface area is 138 Å². The van der Waals surface area contributed by atoms with Crippen molar-refractivity contribution in [3.8, 4) is 11.5 Å². The van der Waals surface area contributed by atoms with E-state index in [4.69, 9.17) is 4.42 Å². The first-order chi connectivity index (χ1) is 11.7. The number of aryl methyl sites for hydroxylation is 1.